The summed E-state index contributed by atoms with van der Waals surface area (Å²) < 4.78 is 62.2. The van der Waals surface area contributed by atoms with Gasteiger partial charge in [-0.25, -0.2) is 0 Å². The number of carbonyl (C=O) groups is 1. The van der Waals surface area contributed by atoms with Gasteiger partial charge in [0.1, 0.15) is 0 Å². The Labute approximate surface area is 227 Å². The van der Waals surface area contributed by atoms with Crippen LogP contribution in [-0.4, -0.2) is 31.7 Å². The summed E-state index contributed by atoms with van der Waals surface area (Å²) in [6.45, 7) is 0. The number of benzene rings is 2. The van der Waals surface area contributed by atoms with Crippen molar-refractivity contribution < 1.29 is 136 Å². The van der Waals surface area contributed by atoms with Crippen LogP contribution < -0.4 is 103 Å². The summed E-state index contributed by atoms with van der Waals surface area (Å²) in [6, 6.07) is 9.33. The summed E-state index contributed by atoms with van der Waals surface area (Å²) in [7, 11) is -8.92. The fourth-order valence-corrected chi connectivity index (χ4v) is 2.82. The first kappa shape index (κ1) is 25.2. The van der Waals surface area contributed by atoms with Crippen LogP contribution in [0.4, 0.5) is 0 Å². The van der Waals surface area contributed by atoms with Gasteiger partial charge < -0.3 is 2.85 Å². The minimum Gasteiger partial charge on any atom is -1.00 e. The quantitative estimate of drug-likeness (QED) is 0.290. The van der Waals surface area contributed by atoms with E-state index >= 15 is 0 Å². The molecule has 0 radical (unpaired) electrons. The van der Waals surface area contributed by atoms with Crippen molar-refractivity contribution in [3.63, 3.8) is 0 Å². The maximum atomic E-state index is 12.3. The molecule has 0 aromatic heterocycles. The normalized spacial score (nSPS) is 11.1. The first-order valence-electron chi connectivity index (χ1n) is 5.79. The van der Waals surface area contributed by atoms with Crippen LogP contribution in [0.1, 0.15) is 18.8 Å². The van der Waals surface area contributed by atoms with Crippen LogP contribution in [-0.2, 0) is 20.2 Å². The molecule has 2 aromatic carbocycles. The van der Waals surface area contributed by atoms with Crippen LogP contribution in [0.25, 0.3) is 0 Å². The van der Waals surface area contributed by atoms with Crippen molar-refractivity contribution in [2.75, 3.05) is 0 Å². The van der Waals surface area contributed by atoms with Crippen LogP contribution in [0.2, 0.25) is 0 Å². The molecule has 0 aliphatic heterocycles. The molecule has 0 amide bonds. The second-order valence-corrected chi connectivity index (χ2v) is 7.18. The Bertz CT molecular complexity index is 886. The standard InChI is InChI=1S/C13H10O7S2.2K.2H/c14-13(9-3-1-5-11(7-9)21(15,16)17)10-4-2-6-12(8-10)22(18,19)20;;;;/h1-8H,(H,15,16,17)(H,18,19,20);;;;/q;2*+1;2*-1. The summed E-state index contributed by atoms with van der Waals surface area (Å²) in [5.41, 5.74) is -0.106. The fourth-order valence-electron chi connectivity index (χ4n) is 1.76. The summed E-state index contributed by atoms with van der Waals surface area (Å²) >= 11 is 0. The van der Waals surface area contributed by atoms with Gasteiger partial charge in [-0.3, -0.25) is 13.9 Å². The van der Waals surface area contributed by atoms with Crippen LogP contribution in [0, 0.1) is 0 Å². The smallest absolute Gasteiger partial charge is 1.00 e. The van der Waals surface area contributed by atoms with Crippen molar-refractivity contribution in [3.8, 4) is 0 Å². The van der Waals surface area contributed by atoms with E-state index in [0.717, 1.165) is 24.3 Å². The molecule has 24 heavy (non-hydrogen) atoms. The molecule has 0 bridgehead atoms. The van der Waals surface area contributed by atoms with Crippen LogP contribution in [0.15, 0.2) is 58.3 Å². The molecule has 0 fully saturated rings. The van der Waals surface area contributed by atoms with Gasteiger partial charge >= 0.3 is 103 Å². The molecule has 11 heteroatoms. The number of ketones is 1. The van der Waals surface area contributed by atoms with Gasteiger partial charge in [0, 0.05) is 11.1 Å². The van der Waals surface area contributed by atoms with Crippen molar-refractivity contribution in [3.05, 3.63) is 59.7 Å². The largest absolute Gasteiger partial charge is 1.00 e. The van der Waals surface area contributed by atoms with Crippen LogP contribution in [0.3, 0.4) is 0 Å². The minimum atomic E-state index is -4.46. The van der Waals surface area contributed by atoms with E-state index in [1.165, 1.54) is 24.3 Å². The Morgan fingerprint density at radius 2 is 1.08 bits per heavy atom. The van der Waals surface area contributed by atoms with Gasteiger partial charge in [0.2, 0.25) is 0 Å². The van der Waals surface area contributed by atoms with Gasteiger partial charge in [-0.05, 0) is 24.3 Å². The Kier molecular flexibility index (Phi) is 10.4. The zero-order valence-electron chi connectivity index (χ0n) is 14.9. The second-order valence-electron chi connectivity index (χ2n) is 4.33. The number of hydrogen-bond donors (Lipinski definition) is 2. The average Bonchev–Trinajstić information content (AvgIpc) is 2.45. The van der Waals surface area contributed by atoms with Gasteiger partial charge in [-0.2, -0.15) is 16.8 Å². The summed E-state index contributed by atoms with van der Waals surface area (Å²) in [4.78, 5) is 11.3. The molecule has 2 aromatic rings. The number of hydrogen-bond acceptors (Lipinski definition) is 5. The first-order chi connectivity index (χ1) is 10.1. The molecular weight excluding hydrogens is 410 g/mol. The van der Waals surface area contributed by atoms with Gasteiger partial charge in [0.15, 0.2) is 5.78 Å². The average molecular weight is 423 g/mol. The van der Waals surface area contributed by atoms with Crippen molar-refractivity contribution >= 4 is 26.0 Å². The third-order valence-electron chi connectivity index (χ3n) is 2.79. The summed E-state index contributed by atoms with van der Waals surface area (Å²) in [5.74, 6) is -0.656. The third kappa shape index (κ3) is 6.74. The van der Waals surface area contributed by atoms with E-state index in [-0.39, 0.29) is 117 Å². The van der Waals surface area contributed by atoms with E-state index in [4.69, 9.17) is 9.11 Å². The first-order valence-corrected chi connectivity index (χ1v) is 8.67. The zero-order valence-corrected chi connectivity index (χ0v) is 20.8. The van der Waals surface area contributed by atoms with Crippen LogP contribution in [0.5, 0.6) is 0 Å². The molecule has 0 unspecified atom stereocenters. The van der Waals surface area contributed by atoms with E-state index in [9.17, 15) is 21.6 Å². The van der Waals surface area contributed by atoms with E-state index in [2.05, 4.69) is 0 Å². The topological polar surface area (TPSA) is 126 Å². The van der Waals surface area contributed by atoms with Crippen molar-refractivity contribution in [2.45, 2.75) is 9.79 Å². The monoisotopic (exact) mass is 422 g/mol. The predicted octanol–water partition coefficient (Wildman–Crippen LogP) is -4.36. The summed E-state index contributed by atoms with van der Waals surface area (Å²) in [5, 5.41) is 0. The molecule has 0 spiro atoms. The van der Waals surface area contributed by atoms with Crippen LogP contribution >= 0.6 is 0 Å². The molecule has 2 rings (SSSR count). The number of rotatable bonds is 4. The van der Waals surface area contributed by atoms with Crippen molar-refractivity contribution in [1.82, 2.24) is 0 Å². The SMILES string of the molecule is O=C(c1cccc(S(=O)(=O)O)c1)c1cccc(S(=O)(=O)O)c1.[H-].[H-].[K+].[K+]. The molecule has 0 atom stereocenters. The Hall–Kier alpha value is 1.20. The van der Waals surface area contributed by atoms with Gasteiger partial charge in [-0.1, -0.05) is 24.3 Å². The van der Waals surface area contributed by atoms with E-state index < -0.39 is 35.8 Å². The Balaban J connectivity index is -0.00000132. The zero-order chi connectivity index (χ0) is 16.5. The minimum absolute atomic E-state index is 0. The van der Waals surface area contributed by atoms with Crippen molar-refractivity contribution in [2.24, 2.45) is 0 Å². The molecule has 120 valence electrons. The summed E-state index contributed by atoms with van der Waals surface area (Å²) in [6.07, 6.45) is 0. The fraction of sp³-hybridized carbons (Fsp3) is 0. The van der Waals surface area contributed by atoms with E-state index in [0.29, 0.717) is 0 Å². The maximum absolute atomic E-state index is 12.3. The maximum Gasteiger partial charge on any atom is 1.00 e. The Morgan fingerprint density at radius 1 is 0.750 bits per heavy atom. The molecule has 0 saturated heterocycles. The molecule has 0 heterocycles. The second kappa shape index (κ2) is 9.94. The predicted molar refractivity (Wildman–Crippen MR) is 78.2 cm³/mol. The molecule has 0 aliphatic carbocycles. The van der Waals surface area contributed by atoms with Gasteiger partial charge in [-0.15, -0.1) is 0 Å². The third-order valence-corrected chi connectivity index (χ3v) is 4.49. The van der Waals surface area contributed by atoms with Gasteiger partial charge in [0.25, 0.3) is 20.2 Å². The number of carbonyl (C=O) groups excluding carboxylic acids is 1. The molecular formula is C13H12K2O7S2. The molecule has 2 N–H and O–H groups in total. The van der Waals surface area contributed by atoms with E-state index in [1.54, 1.807) is 0 Å². The Morgan fingerprint density at radius 3 is 1.38 bits per heavy atom. The van der Waals surface area contributed by atoms with E-state index in [1.807, 2.05) is 0 Å². The molecule has 0 saturated carbocycles. The van der Waals surface area contributed by atoms with Crippen molar-refractivity contribution in [1.29, 1.82) is 0 Å². The molecule has 0 aliphatic rings. The van der Waals surface area contributed by atoms with Gasteiger partial charge in [0.05, 0.1) is 9.79 Å². The molecule has 7 nitrogen and oxygen atoms in total.